The molecule has 0 unspecified atom stereocenters. The van der Waals surface area contributed by atoms with Gasteiger partial charge in [-0.15, -0.1) is 0 Å². The number of H-pyrrole nitrogens is 3. The van der Waals surface area contributed by atoms with Gasteiger partial charge in [0.1, 0.15) is 69.2 Å². The number of pyridine rings is 2. The average Bonchev–Trinajstić information content (AvgIpc) is 2.03. The molecule has 10 heterocycles. The maximum absolute atomic E-state index is 5.80. The molecule has 0 radical (unpaired) electrons. The summed E-state index contributed by atoms with van der Waals surface area (Å²) in [5.74, 6) is 4.11. The molecular weight excluding hydrogens is 1310 g/mol. The van der Waals surface area contributed by atoms with Gasteiger partial charge in [-0.2, -0.15) is 0 Å². The Kier molecular flexibility index (Phi) is 25.5. The van der Waals surface area contributed by atoms with Crippen molar-refractivity contribution in [3.05, 3.63) is 240 Å². The minimum Gasteiger partial charge on any atom is -0.366 e. The van der Waals surface area contributed by atoms with Crippen LogP contribution in [0.15, 0.2) is 208 Å². The van der Waals surface area contributed by atoms with E-state index in [-0.39, 0.29) is 0 Å². The van der Waals surface area contributed by atoms with Crippen molar-refractivity contribution in [1.29, 1.82) is 0 Å². The molecule has 0 saturated heterocycles. The van der Waals surface area contributed by atoms with Crippen LogP contribution in [-0.2, 0) is 19.6 Å². The van der Waals surface area contributed by atoms with Gasteiger partial charge in [0.15, 0.2) is 0 Å². The summed E-state index contributed by atoms with van der Waals surface area (Å²) < 4.78 is 10.6. The summed E-state index contributed by atoms with van der Waals surface area (Å²) in [5, 5.41) is 7.72. The van der Waals surface area contributed by atoms with E-state index in [4.69, 9.17) is 45.5 Å². The van der Waals surface area contributed by atoms with E-state index in [9.17, 15) is 0 Å². The van der Waals surface area contributed by atoms with Crippen LogP contribution in [0.5, 0.6) is 0 Å². The van der Waals surface area contributed by atoms with E-state index in [0.29, 0.717) is 40.9 Å². The molecule has 23 heteroatoms. The van der Waals surface area contributed by atoms with Crippen molar-refractivity contribution < 1.29 is 0 Å². The number of nitrogens with two attached hydrogens (primary N) is 1. The van der Waals surface area contributed by atoms with Crippen LogP contribution in [-0.4, -0.2) is 97.0 Å². The summed E-state index contributed by atoms with van der Waals surface area (Å²) in [7, 11) is 0. The van der Waals surface area contributed by atoms with Crippen LogP contribution in [0, 0.1) is 0 Å². The molecule has 0 saturated carbocycles. The van der Waals surface area contributed by atoms with Crippen molar-refractivity contribution in [2.75, 3.05) is 10.6 Å². The molecule has 466 valence electrons. The van der Waals surface area contributed by atoms with Crippen molar-refractivity contribution in [2.45, 2.75) is 92.2 Å². The third-order valence-electron chi connectivity index (χ3n) is 14.9. The molecule has 0 amide bonds. The number of aromatic nitrogens is 16. The zero-order valence-electron chi connectivity index (χ0n) is 51.1. The Labute approximate surface area is 549 Å². The summed E-state index contributed by atoms with van der Waals surface area (Å²) in [6.45, 7) is 8.94. The minimum atomic E-state index is -2.34. The van der Waals surface area contributed by atoms with Crippen molar-refractivity contribution in [3.63, 3.8) is 0 Å². The second kappa shape index (κ2) is 34.9. The van der Waals surface area contributed by atoms with E-state index >= 15 is 0 Å². The van der Waals surface area contributed by atoms with Crippen molar-refractivity contribution in [2.24, 2.45) is 5.73 Å². The Morgan fingerprint density at radius 3 is 1.32 bits per heavy atom. The Morgan fingerprint density at radius 2 is 0.879 bits per heavy atom. The van der Waals surface area contributed by atoms with Gasteiger partial charge in [-0.3, -0.25) is 4.40 Å². The van der Waals surface area contributed by atoms with Gasteiger partial charge in [0.05, 0.1) is 17.6 Å². The predicted molar refractivity (Wildman–Crippen MR) is 370 cm³/mol. The number of aromatic amines is 3. The molecule has 0 aliphatic carbocycles. The molecule has 13 aromatic rings. The molecule has 3 aromatic carbocycles. The number of benzene rings is 3. The van der Waals surface area contributed by atoms with E-state index in [0.717, 1.165) is 79.4 Å². The standard InChI is InChI=1S/C21H17N7.C14H12ClN5.C10H11N3.C7H5N2.C4H2Cl2N2.3C4H9.Sn/c1-2-10-28-18(13-25-20(28)3-1)17-11-19(27-14-26-17)24-12-15-4-6-16(7-5-15)21-22-8-9-23-21;15-12-7-13(20-9-19-12)18-8-10-1-3-11(4-2-10)14-16-5-6-17-14;11-7-8-1-3-9(4-2-8)10-12-5-6-13-10;1-2-5-9-6-4-8-7(9)3-1;5-3-1-4(6)8-2-7-3;3*1-3-4-2;/h1-11,13-14H,12H2,(H,22,23)(H,24,26,27);1-7,9H,8H2,(H,16,17)(H,18,19,20);1-6H,7,11H2,(H,12,13);1-5H;1-2H;3*1,3-4H2,2H3;. The molecule has 0 atom stereocenters. The van der Waals surface area contributed by atoms with E-state index in [1.165, 1.54) is 70.6 Å². The van der Waals surface area contributed by atoms with Crippen LogP contribution < -0.4 is 20.1 Å². The fourth-order valence-corrected chi connectivity index (χ4v) is 26.7. The zero-order chi connectivity index (χ0) is 63.5. The third kappa shape index (κ3) is 19.6. The van der Waals surface area contributed by atoms with Crippen molar-refractivity contribution in [3.8, 4) is 45.6 Å². The number of hydrogen-bond acceptors (Lipinski definition) is 14. The molecule has 0 fully saturated rings. The van der Waals surface area contributed by atoms with Crippen LogP contribution in [0.3, 0.4) is 0 Å². The monoisotopic (exact) mass is 1380 g/mol. The second-order valence-corrected chi connectivity index (χ2v) is 35.4. The van der Waals surface area contributed by atoms with Crippen molar-refractivity contribution >= 4 is 79.8 Å². The molecule has 0 bridgehead atoms. The average molecular weight is 1380 g/mol. The summed E-state index contributed by atoms with van der Waals surface area (Å²) in [5.41, 5.74) is 15.9. The third-order valence-corrected chi connectivity index (χ3v) is 30.9. The quantitative estimate of drug-likeness (QED) is 0.0289. The van der Waals surface area contributed by atoms with Gasteiger partial charge in [0.2, 0.25) is 0 Å². The number of rotatable bonds is 21. The number of nitrogens with zero attached hydrogens (tertiary/aromatic N) is 13. The molecular formula is C68H74Cl3N19Sn. The van der Waals surface area contributed by atoms with Gasteiger partial charge in [-0.25, -0.2) is 49.8 Å². The maximum Gasteiger partial charge on any atom is 0.137 e. The van der Waals surface area contributed by atoms with Gasteiger partial charge >= 0.3 is 140 Å². The Balaban J connectivity index is 0.000000141. The number of unbranched alkanes of at least 4 members (excludes halogenated alkanes) is 3. The Morgan fingerprint density at radius 1 is 0.451 bits per heavy atom. The predicted octanol–water partition coefficient (Wildman–Crippen LogP) is 15.6. The largest absolute Gasteiger partial charge is 0.366 e. The first-order chi connectivity index (χ1) is 44.6. The molecule has 10 aromatic heterocycles. The second-order valence-electron chi connectivity index (χ2n) is 21.2. The molecule has 0 aliphatic heterocycles. The number of nitrogens with one attached hydrogen (secondary N) is 5. The Hall–Kier alpha value is -8.86. The van der Waals surface area contributed by atoms with Crippen LogP contribution >= 0.6 is 34.8 Å². The fourth-order valence-electron chi connectivity index (χ4n) is 10.1. The van der Waals surface area contributed by atoms with E-state index in [1.807, 2.05) is 108 Å². The normalized spacial score (nSPS) is 10.9. The van der Waals surface area contributed by atoms with Gasteiger partial charge in [0, 0.05) is 97.9 Å². The maximum atomic E-state index is 5.80. The molecule has 13 rings (SSSR count). The van der Waals surface area contributed by atoms with Gasteiger partial charge < -0.3 is 31.3 Å². The first kappa shape index (κ1) is 66.6. The smallest absolute Gasteiger partial charge is 0.137 e. The molecule has 7 N–H and O–H groups in total. The minimum absolute atomic E-state index is 0.366. The topological polar surface area (TPSA) is 248 Å². The fraction of sp³-hybridized carbons (Fsp3) is 0.221. The Bertz CT molecular complexity index is 4140. The molecule has 0 spiro atoms. The SMILES string of the molecule is CCC[CH2][Sn]([CH2]CCC)([CH2]CCC)[c]1cnc2ccccn12.Clc1cc(Cl)ncn1.Clc1cc(NCc2ccc(-c3ncc[nH]3)cc2)ncn1.NCc1ccc(-c2ncc[nH]2)cc1.c1ccn2c(-c3cc(NCc4ccc(-c5ncc[nH]5)cc4)ncn3)cnc2c1. The van der Waals surface area contributed by atoms with E-state index in [2.05, 4.69) is 155 Å². The molecule has 91 heavy (non-hydrogen) atoms. The first-order valence-electron chi connectivity index (χ1n) is 30.4. The summed E-state index contributed by atoms with van der Waals surface area (Å²) in [4.78, 5) is 54.9. The van der Waals surface area contributed by atoms with Crippen LogP contribution in [0.25, 0.3) is 56.8 Å². The number of halogens is 3. The molecule has 19 nitrogen and oxygen atoms in total. The van der Waals surface area contributed by atoms with Crippen LogP contribution in [0.2, 0.25) is 28.8 Å². The van der Waals surface area contributed by atoms with Crippen molar-refractivity contribution in [1.82, 2.24) is 78.6 Å². The van der Waals surface area contributed by atoms with E-state index < -0.39 is 18.4 Å². The number of anilines is 2. The zero-order valence-corrected chi connectivity index (χ0v) is 56.3. The van der Waals surface area contributed by atoms with E-state index in [1.54, 1.807) is 34.7 Å². The number of imidazole rings is 5. The number of hydrogen-bond donors (Lipinski definition) is 6. The first-order valence-corrected chi connectivity index (χ1v) is 39.0. The van der Waals surface area contributed by atoms with Gasteiger partial charge in [-0.1, -0.05) is 114 Å². The van der Waals surface area contributed by atoms with Gasteiger partial charge in [-0.05, 0) is 28.8 Å². The summed E-state index contributed by atoms with van der Waals surface area (Å²) >= 11 is 14.3. The van der Waals surface area contributed by atoms with Crippen LogP contribution in [0.1, 0.15) is 76.0 Å². The van der Waals surface area contributed by atoms with Crippen LogP contribution in [0.4, 0.5) is 11.6 Å². The summed E-state index contributed by atoms with van der Waals surface area (Å²) in [6.07, 6.45) is 31.5. The van der Waals surface area contributed by atoms with Gasteiger partial charge in [0.25, 0.3) is 0 Å². The molecule has 0 aliphatic rings. The number of fused-ring (bicyclic) bond motifs is 2. The summed E-state index contributed by atoms with van der Waals surface area (Å²) in [6, 6.07) is 41.9.